The van der Waals surface area contributed by atoms with E-state index in [0.29, 0.717) is 57.9 Å². The predicted molar refractivity (Wildman–Crippen MR) is 141 cm³/mol. The lowest BCUT2D eigenvalue weighted by atomic mass is 9.91. The molecule has 0 amide bonds. The molecule has 196 valence electrons. The Morgan fingerprint density at radius 2 is 1.54 bits per heavy atom. The van der Waals surface area contributed by atoms with Gasteiger partial charge in [0.2, 0.25) is 0 Å². The molecule has 0 saturated heterocycles. The van der Waals surface area contributed by atoms with Gasteiger partial charge in [-0.25, -0.2) is 9.59 Å². The Morgan fingerprint density at radius 1 is 0.865 bits per heavy atom. The molecular weight excluding hydrogens is 472 g/mol. The minimum Gasteiger partial charge on any atom is -0.507 e. The number of aryl methyl sites for hydroxylation is 1. The number of carbonyl (C=O) groups is 2. The fourth-order valence-corrected chi connectivity index (χ4v) is 4.40. The molecule has 37 heavy (non-hydrogen) atoms. The molecule has 3 aromatic carbocycles. The number of benzene rings is 3. The van der Waals surface area contributed by atoms with Crippen LogP contribution < -0.4 is 9.47 Å². The highest BCUT2D eigenvalue weighted by atomic mass is 16.7. The van der Waals surface area contributed by atoms with E-state index < -0.39 is 11.9 Å². The molecule has 7 heteroatoms. The van der Waals surface area contributed by atoms with Gasteiger partial charge < -0.3 is 24.1 Å². The van der Waals surface area contributed by atoms with Crippen molar-refractivity contribution in [3.63, 3.8) is 0 Å². The van der Waals surface area contributed by atoms with E-state index in [2.05, 4.69) is 0 Å². The summed E-state index contributed by atoms with van der Waals surface area (Å²) in [5.74, 6) is -0.489. The maximum absolute atomic E-state index is 13.4. The van der Waals surface area contributed by atoms with Crippen molar-refractivity contribution >= 4 is 11.9 Å². The lowest BCUT2D eigenvalue weighted by molar-refractivity contribution is -0.0126. The third kappa shape index (κ3) is 5.78. The topological polar surface area (TPSA) is 91.3 Å². The van der Waals surface area contributed by atoms with Crippen LogP contribution in [0, 0.1) is 34.6 Å². The number of rotatable bonds is 9. The standard InChI is InChI=1S/C30H34O7/c1-8-23-20(5)26(29(32)36-16-34-7)18(3)19(4)28(23)37-30(33)25-17(2)14-24(21(6)27(25)31)35-15-22-12-10-9-11-13-22/h9-14,31H,8,15-16H2,1-7H3. The molecule has 0 aliphatic rings. The number of ether oxygens (including phenoxy) is 4. The summed E-state index contributed by atoms with van der Waals surface area (Å²) in [5, 5.41) is 11.0. The van der Waals surface area contributed by atoms with Crippen LogP contribution in [0.2, 0.25) is 0 Å². The molecule has 0 fully saturated rings. The van der Waals surface area contributed by atoms with Gasteiger partial charge in [-0.2, -0.15) is 0 Å². The Bertz CT molecular complexity index is 1310. The second-order valence-corrected chi connectivity index (χ2v) is 8.95. The fraction of sp³-hybridized carbons (Fsp3) is 0.333. The van der Waals surface area contributed by atoms with Crippen LogP contribution in [0.25, 0.3) is 0 Å². The van der Waals surface area contributed by atoms with Gasteiger partial charge in [0.25, 0.3) is 0 Å². The van der Waals surface area contributed by atoms with Crippen LogP contribution in [0.4, 0.5) is 0 Å². The van der Waals surface area contributed by atoms with Gasteiger partial charge in [0.05, 0.1) is 5.56 Å². The normalized spacial score (nSPS) is 10.8. The number of methoxy groups -OCH3 is 1. The third-order valence-corrected chi connectivity index (χ3v) is 6.58. The van der Waals surface area contributed by atoms with Gasteiger partial charge in [0.15, 0.2) is 6.79 Å². The van der Waals surface area contributed by atoms with Crippen LogP contribution in [0.3, 0.4) is 0 Å². The number of esters is 2. The summed E-state index contributed by atoms with van der Waals surface area (Å²) in [6.45, 7) is 10.9. The van der Waals surface area contributed by atoms with Gasteiger partial charge in [-0.15, -0.1) is 0 Å². The van der Waals surface area contributed by atoms with E-state index >= 15 is 0 Å². The van der Waals surface area contributed by atoms with Crippen LogP contribution in [-0.2, 0) is 22.5 Å². The number of phenolic OH excluding ortho intramolecular Hbond substituents is 1. The molecule has 0 aliphatic heterocycles. The number of hydrogen-bond acceptors (Lipinski definition) is 7. The second-order valence-electron chi connectivity index (χ2n) is 8.95. The number of carbonyl (C=O) groups excluding carboxylic acids is 2. The molecule has 0 aromatic heterocycles. The number of hydrogen-bond donors (Lipinski definition) is 1. The maximum atomic E-state index is 13.4. The maximum Gasteiger partial charge on any atom is 0.347 e. The molecule has 0 bridgehead atoms. The van der Waals surface area contributed by atoms with Crippen molar-refractivity contribution in [1.82, 2.24) is 0 Å². The minimum atomic E-state index is -0.681. The lowest BCUT2D eigenvalue weighted by Gasteiger charge is -2.21. The van der Waals surface area contributed by atoms with Crippen molar-refractivity contribution in [2.75, 3.05) is 13.9 Å². The summed E-state index contributed by atoms with van der Waals surface area (Å²) >= 11 is 0. The second kappa shape index (κ2) is 11.9. The van der Waals surface area contributed by atoms with Gasteiger partial charge in [-0.1, -0.05) is 37.3 Å². The summed E-state index contributed by atoms with van der Waals surface area (Å²) in [5.41, 5.74) is 5.17. The van der Waals surface area contributed by atoms with E-state index in [4.69, 9.17) is 18.9 Å². The zero-order valence-corrected chi connectivity index (χ0v) is 22.5. The van der Waals surface area contributed by atoms with Gasteiger partial charge in [0.1, 0.15) is 29.4 Å². The fourth-order valence-electron chi connectivity index (χ4n) is 4.40. The molecule has 0 unspecified atom stereocenters. The zero-order valence-electron chi connectivity index (χ0n) is 22.5. The zero-order chi connectivity index (χ0) is 27.3. The number of aromatic hydroxyl groups is 1. The van der Waals surface area contributed by atoms with Gasteiger partial charge in [0, 0.05) is 12.7 Å². The first-order valence-electron chi connectivity index (χ1n) is 12.1. The third-order valence-electron chi connectivity index (χ3n) is 6.58. The summed E-state index contributed by atoms with van der Waals surface area (Å²) in [6.07, 6.45) is 0.524. The molecule has 3 aromatic rings. The Balaban J connectivity index is 1.95. The molecular formula is C30H34O7. The van der Waals surface area contributed by atoms with Crippen molar-refractivity contribution in [3.05, 3.63) is 86.5 Å². The molecule has 7 nitrogen and oxygen atoms in total. The molecule has 0 spiro atoms. The predicted octanol–water partition coefficient (Wildman–Crippen LogP) is 6.06. The van der Waals surface area contributed by atoms with Crippen LogP contribution in [-0.4, -0.2) is 30.9 Å². The van der Waals surface area contributed by atoms with Crippen LogP contribution >= 0.6 is 0 Å². The Labute approximate surface area is 217 Å². The van der Waals surface area contributed by atoms with Crippen LogP contribution in [0.5, 0.6) is 17.2 Å². The van der Waals surface area contributed by atoms with Crippen molar-refractivity contribution in [1.29, 1.82) is 0 Å². The molecule has 0 saturated carbocycles. The highest BCUT2D eigenvalue weighted by Crippen LogP contribution is 2.38. The lowest BCUT2D eigenvalue weighted by Crippen LogP contribution is -2.18. The van der Waals surface area contributed by atoms with Crippen LogP contribution in [0.1, 0.15) is 66.6 Å². The molecule has 0 heterocycles. The number of phenols is 1. The molecule has 3 rings (SSSR count). The van der Waals surface area contributed by atoms with E-state index in [-0.39, 0.29) is 18.1 Å². The molecule has 0 aliphatic carbocycles. The van der Waals surface area contributed by atoms with Crippen molar-refractivity contribution in [2.45, 2.75) is 54.6 Å². The SMILES string of the molecule is CCc1c(C)c(C(=O)OCOC)c(C)c(C)c1OC(=O)c1c(C)cc(OCc2ccccc2)c(C)c1O. The smallest absolute Gasteiger partial charge is 0.347 e. The first-order chi connectivity index (χ1) is 17.6. The Hall–Kier alpha value is -3.84. The van der Waals surface area contributed by atoms with Gasteiger partial charge in [-0.3, -0.25) is 0 Å². The summed E-state index contributed by atoms with van der Waals surface area (Å²) < 4.78 is 21.9. The average molecular weight is 507 g/mol. The van der Waals surface area contributed by atoms with Crippen molar-refractivity contribution in [3.8, 4) is 17.2 Å². The highest BCUT2D eigenvalue weighted by Gasteiger charge is 2.27. The van der Waals surface area contributed by atoms with Gasteiger partial charge in [-0.05, 0) is 80.5 Å². The largest absolute Gasteiger partial charge is 0.507 e. The van der Waals surface area contributed by atoms with E-state index in [9.17, 15) is 14.7 Å². The monoisotopic (exact) mass is 506 g/mol. The van der Waals surface area contributed by atoms with E-state index in [1.807, 2.05) is 37.3 Å². The molecule has 1 N–H and O–H groups in total. The summed E-state index contributed by atoms with van der Waals surface area (Å²) in [6, 6.07) is 11.4. The quantitative estimate of drug-likeness (QED) is 0.214. The summed E-state index contributed by atoms with van der Waals surface area (Å²) in [7, 11) is 1.44. The van der Waals surface area contributed by atoms with Gasteiger partial charge >= 0.3 is 11.9 Å². The molecule has 0 atom stereocenters. The summed E-state index contributed by atoms with van der Waals surface area (Å²) in [4.78, 5) is 26.0. The highest BCUT2D eigenvalue weighted by molar-refractivity contribution is 5.98. The van der Waals surface area contributed by atoms with Crippen LogP contribution in [0.15, 0.2) is 36.4 Å². The Morgan fingerprint density at radius 3 is 2.16 bits per heavy atom. The van der Waals surface area contributed by atoms with E-state index in [0.717, 1.165) is 11.1 Å². The first-order valence-corrected chi connectivity index (χ1v) is 12.1. The average Bonchev–Trinajstić information content (AvgIpc) is 2.88. The van der Waals surface area contributed by atoms with E-state index in [1.54, 1.807) is 40.7 Å². The first kappa shape index (κ1) is 27.7. The minimum absolute atomic E-state index is 0.0740. The van der Waals surface area contributed by atoms with Crippen molar-refractivity contribution in [2.24, 2.45) is 0 Å². The van der Waals surface area contributed by atoms with Crippen molar-refractivity contribution < 1.29 is 33.6 Å². The van der Waals surface area contributed by atoms with E-state index in [1.165, 1.54) is 7.11 Å². The molecule has 0 radical (unpaired) electrons. The Kier molecular flexibility index (Phi) is 8.95.